The molecule has 1 heterocycles. The van der Waals surface area contributed by atoms with Gasteiger partial charge in [-0.2, -0.15) is 0 Å². The summed E-state index contributed by atoms with van der Waals surface area (Å²) >= 11 is 1.24. The van der Waals surface area contributed by atoms with E-state index in [4.69, 9.17) is 5.11 Å². The van der Waals surface area contributed by atoms with Crippen molar-refractivity contribution in [2.45, 2.75) is 25.1 Å². The second kappa shape index (κ2) is 6.88. The van der Waals surface area contributed by atoms with Crippen LogP contribution in [-0.4, -0.2) is 33.3 Å². The zero-order valence-electron chi connectivity index (χ0n) is 9.93. The first-order valence-corrected chi connectivity index (χ1v) is 7.85. The van der Waals surface area contributed by atoms with Gasteiger partial charge in [-0.1, -0.05) is 6.92 Å². The van der Waals surface area contributed by atoms with Crippen LogP contribution in [0.1, 0.15) is 28.6 Å². The number of carboxylic acid groups (broad SMARTS) is 1. The van der Waals surface area contributed by atoms with E-state index in [0.717, 1.165) is 18.5 Å². The van der Waals surface area contributed by atoms with Gasteiger partial charge in [-0.3, -0.25) is 4.21 Å². The lowest BCUT2D eigenvalue weighted by Gasteiger charge is -2.08. The highest BCUT2D eigenvalue weighted by molar-refractivity contribution is 7.84. The molecular formula is C11H17NO3S2. The summed E-state index contributed by atoms with van der Waals surface area (Å²) in [5.74, 6) is -0.875. The van der Waals surface area contributed by atoms with E-state index in [2.05, 4.69) is 5.32 Å². The number of carboxylic acids is 1. The number of rotatable bonds is 7. The van der Waals surface area contributed by atoms with Crippen molar-refractivity contribution < 1.29 is 14.1 Å². The first kappa shape index (κ1) is 14.3. The molecule has 4 nitrogen and oxygen atoms in total. The SMILES string of the molecule is CC(CCNCc1ccsc1C(=O)O)S(C)=O. The van der Waals surface area contributed by atoms with Gasteiger partial charge in [0.1, 0.15) is 4.88 Å². The summed E-state index contributed by atoms with van der Waals surface area (Å²) in [6.07, 6.45) is 2.53. The number of thiophene rings is 1. The predicted octanol–water partition coefficient (Wildman–Crippen LogP) is 1.69. The van der Waals surface area contributed by atoms with Crippen LogP contribution in [0.5, 0.6) is 0 Å². The van der Waals surface area contributed by atoms with Gasteiger partial charge in [-0.05, 0) is 30.0 Å². The fourth-order valence-corrected chi connectivity index (χ4v) is 2.57. The van der Waals surface area contributed by atoms with Crippen LogP contribution >= 0.6 is 11.3 Å². The highest BCUT2D eigenvalue weighted by Crippen LogP contribution is 2.16. The lowest BCUT2D eigenvalue weighted by Crippen LogP contribution is -2.21. The fraction of sp³-hybridized carbons (Fsp3) is 0.545. The second-order valence-electron chi connectivity index (χ2n) is 3.85. The monoisotopic (exact) mass is 275 g/mol. The molecule has 17 heavy (non-hydrogen) atoms. The lowest BCUT2D eigenvalue weighted by atomic mass is 10.2. The Bertz CT molecular complexity index is 403. The maximum absolute atomic E-state index is 11.1. The average Bonchev–Trinajstić information content (AvgIpc) is 2.72. The largest absolute Gasteiger partial charge is 0.477 e. The molecule has 0 radical (unpaired) electrons. The summed E-state index contributed by atoms with van der Waals surface area (Å²) < 4.78 is 11.1. The van der Waals surface area contributed by atoms with Crippen molar-refractivity contribution >= 4 is 28.1 Å². The molecule has 96 valence electrons. The van der Waals surface area contributed by atoms with Gasteiger partial charge < -0.3 is 10.4 Å². The van der Waals surface area contributed by atoms with Gasteiger partial charge in [0, 0.05) is 28.9 Å². The molecule has 1 aromatic rings. The van der Waals surface area contributed by atoms with Gasteiger partial charge in [-0.25, -0.2) is 4.79 Å². The fourth-order valence-electron chi connectivity index (χ4n) is 1.36. The molecule has 2 unspecified atom stereocenters. The van der Waals surface area contributed by atoms with Gasteiger partial charge in [0.2, 0.25) is 0 Å². The van der Waals surface area contributed by atoms with Crippen LogP contribution in [0.4, 0.5) is 0 Å². The van der Waals surface area contributed by atoms with Crippen molar-refractivity contribution in [3.8, 4) is 0 Å². The van der Waals surface area contributed by atoms with Gasteiger partial charge in [-0.15, -0.1) is 11.3 Å². The third kappa shape index (κ3) is 4.57. The summed E-state index contributed by atoms with van der Waals surface area (Å²) in [5.41, 5.74) is 0.813. The smallest absolute Gasteiger partial charge is 0.346 e. The summed E-state index contributed by atoms with van der Waals surface area (Å²) in [6.45, 7) is 3.24. The third-order valence-electron chi connectivity index (χ3n) is 2.55. The molecule has 1 rings (SSSR count). The minimum absolute atomic E-state index is 0.170. The topological polar surface area (TPSA) is 66.4 Å². The third-order valence-corrected chi connectivity index (χ3v) is 4.86. The Morgan fingerprint density at radius 3 is 2.94 bits per heavy atom. The van der Waals surface area contributed by atoms with Crippen LogP contribution in [-0.2, 0) is 17.3 Å². The number of hydrogen-bond donors (Lipinski definition) is 2. The predicted molar refractivity (Wildman–Crippen MR) is 71.1 cm³/mol. The molecule has 0 saturated heterocycles. The lowest BCUT2D eigenvalue weighted by molar-refractivity contribution is 0.0701. The zero-order valence-corrected chi connectivity index (χ0v) is 11.6. The van der Waals surface area contributed by atoms with Crippen LogP contribution in [0, 0.1) is 0 Å². The van der Waals surface area contributed by atoms with Gasteiger partial charge in [0.15, 0.2) is 0 Å². The molecule has 0 spiro atoms. The Labute approximate surface area is 108 Å². The minimum atomic E-state index is -0.875. The molecule has 0 aliphatic heterocycles. The van der Waals surface area contributed by atoms with Crippen molar-refractivity contribution in [1.29, 1.82) is 0 Å². The van der Waals surface area contributed by atoms with E-state index in [0.29, 0.717) is 11.4 Å². The Balaban J connectivity index is 2.34. The molecule has 0 amide bonds. The molecule has 2 N–H and O–H groups in total. The van der Waals surface area contributed by atoms with Crippen LogP contribution < -0.4 is 5.32 Å². The summed E-state index contributed by atoms with van der Waals surface area (Å²) in [6, 6.07) is 1.82. The maximum Gasteiger partial charge on any atom is 0.346 e. The van der Waals surface area contributed by atoms with Crippen molar-refractivity contribution in [3.63, 3.8) is 0 Å². The average molecular weight is 275 g/mol. The standard InChI is InChI=1S/C11H17NO3S2/c1-8(17(2)15)3-5-12-7-9-4-6-16-10(9)11(13)14/h4,6,8,12H,3,5,7H2,1-2H3,(H,13,14). The van der Waals surface area contributed by atoms with E-state index in [1.54, 1.807) is 11.6 Å². The molecule has 2 atom stereocenters. The highest BCUT2D eigenvalue weighted by atomic mass is 32.2. The van der Waals surface area contributed by atoms with Crippen LogP contribution in [0.15, 0.2) is 11.4 Å². The first-order chi connectivity index (χ1) is 8.02. The molecule has 0 aliphatic rings. The maximum atomic E-state index is 11.1. The number of carbonyl (C=O) groups is 1. The quantitative estimate of drug-likeness (QED) is 0.743. The van der Waals surface area contributed by atoms with Crippen molar-refractivity contribution in [1.82, 2.24) is 5.32 Å². The number of hydrogen-bond acceptors (Lipinski definition) is 4. The zero-order chi connectivity index (χ0) is 12.8. The summed E-state index contributed by atoms with van der Waals surface area (Å²) in [7, 11) is -0.794. The molecule has 0 aromatic carbocycles. The molecule has 0 fully saturated rings. The Morgan fingerprint density at radius 2 is 2.35 bits per heavy atom. The van der Waals surface area contributed by atoms with Gasteiger partial charge >= 0.3 is 5.97 Å². The number of aromatic carboxylic acids is 1. The molecule has 0 aliphatic carbocycles. The first-order valence-electron chi connectivity index (χ1n) is 5.35. The van der Waals surface area contributed by atoms with E-state index in [1.165, 1.54) is 11.3 Å². The Hall–Kier alpha value is -0.720. The Morgan fingerprint density at radius 1 is 1.65 bits per heavy atom. The summed E-state index contributed by atoms with van der Waals surface area (Å²) in [4.78, 5) is 11.2. The van der Waals surface area contributed by atoms with Crippen LogP contribution in [0.2, 0.25) is 0 Å². The summed E-state index contributed by atoms with van der Waals surface area (Å²) in [5, 5.41) is 14.0. The van der Waals surface area contributed by atoms with Gasteiger partial charge in [0.25, 0.3) is 0 Å². The van der Waals surface area contributed by atoms with Gasteiger partial charge in [0.05, 0.1) is 0 Å². The van der Waals surface area contributed by atoms with Crippen molar-refractivity contribution in [3.05, 3.63) is 21.9 Å². The van der Waals surface area contributed by atoms with Crippen LogP contribution in [0.25, 0.3) is 0 Å². The van der Waals surface area contributed by atoms with E-state index in [1.807, 2.05) is 13.0 Å². The second-order valence-corrected chi connectivity index (χ2v) is 6.57. The van der Waals surface area contributed by atoms with E-state index in [-0.39, 0.29) is 5.25 Å². The van der Waals surface area contributed by atoms with Crippen molar-refractivity contribution in [2.24, 2.45) is 0 Å². The van der Waals surface area contributed by atoms with Crippen molar-refractivity contribution in [2.75, 3.05) is 12.8 Å². The molecule has 0 bridgehead atoms. The number of nitrogens with one attached hydrogen (secondary N) is 1. The van der Waals surface area contributed by atoms with Crippen LogP contribution in [0.3, 0.4) is 0 Å². The van der Waals surface area contributed by atoms with E-state index < -0.39 is 16.8 Å². The molecule has 1 aromatic heterocycles. The Kier molecular flexibility index (Phi) is 5.80. The van der Waals surface area contributed by atoms with E-state index >= 15 is 0 Å². The minimum Gasteiger partial charge on any atom is -0.477 e. The van der Waals surface area contributed by atoms with E-state index in [9.17, 15) is 9.00 Å². The highest BCUT2D eigenvalue weighted by Gasteiger charge is 2.11. The molecular weight excluding hydrogens is 258 g/mol. The molecule has 0 saturated carbocycles. The molecule has 6 heteroatoms. The normalized spacial score (nSPS) is 14.5.